The second-order valence-electron chi connectivity index (χ2n) is 6.79. The second kappa shape index (κ2) is 5.31. The van der Waals surface area contributed by atoms with E-state index in [0.717, 1.165) is 19.3 Å². The van der Waals surface area contributed by atoms with E-state index in [1.807, 2.05) is 12.1 Å². The number of methoxy groups -OCH3 is 1. The summed E-state index contributed by atoms with van der Waals surface area (Å²) in [7, 11) is 1.72. The predicted molar refractivity (Wildman–Crippen MR) is 83.9 cm³/mol. The van der Waals surface area contributed by atoms with Gasteiger partial charge in [0.15, 0.2) is 11.9 Å². The number of carbonyl (C=O) groups is 2. The molecule has 2 saturated carbocycles. The Bertz CT molecular complexity index is 665. The van der Waals surface area contributed by atoms with Crippen molar-refractivity contribution < 1.29 is 19.1 Å². The Morgan fingerprint density at radius 2 is 2.04 bits per heavy atom. The molecular formula is C19H20O4. The van der Waals surface area contributed by atoms with Crippen LogP contribution in [0.5, 0.6) is 0 Å². The number of Topliss-reactive ketones (excluding diaryl/α,β-unsaturated/α-hetero) is 1. The number of carbonyl (C=O) groups excluding carboxylic acids is 2. The minimum atomic E-state index is -0.677. The van der Waals surface area contributed by atoms with Gasteiger partial charge in [-0.15, -0.1) is 0 Å². The van der Waals surface area contributed by atoms with Crippen LogP contribution in [0.2, 0.25) is 0 Å². The van der Waals surface area contributed by atoms with Gasteiger partial charge in [0.25, 0.3) is 0 Å². The third-order valence-corrected chi connectivity index (χ3v) is 5.80. The summed E-state index contributed by atoms with van der Waals surface area (Å²) in [5.74, 6) is -0.261. The number of allylic oxidation sites excluding steroid dienone is 1. The predicted octanol–water partition coefficient (Wildman–Crippen LogP) is 2.78. The van der Waals surface area contributed by atoms with Crippen molar-refractivity contribution >= 4 is 11.8 Å². The molecule has 0 amide bonds. The van der Waals surface area contributed by atoms with Crippen LogP contribution >= 0.6 is 0 Å². The standard InChI is InChI=1S/C19H20O4/c1-22-15-8-10-19-9-7-13(11-14(15)19)16(20)17(19)23-18(21)12-5-3-2-4-6-12/h2-7,9,13-15,17H,8,10-11H2,1H3/t13-,14-,15-,17+,19-/m1/s1. The van der Waals surface area contributed by atoms with Crippen molar-refractivity contribution in [2.75, 3.05) is 7.11 Å². The van der Waals surface area contributed by atoms with Gasteiger partial charge in [-0.2, -0.15) is 0 Å². The highest BCUT2D eigenvalue weighted by atomic mass is 16.5. The fourth-order valence-corrected chi connectivity index (χ4v) is 4.63. The van der Waals surface area contributed by atoms with Crippen molar-refractivity contribution in [2.45, 2.75) is 31.5 Å². The van der Waals surface area contributed by atoms with Crippen LogP contribution in [-0.2, 0) is 14.3 Å². The molecule has 5 rings (SSSR count). The fraction of sp³-hybridized carbons (Fsp3) is 0.474. The number of rotatable bonds is 3. The third-order valence-electron chi connectivity index (χ3n) is 5.80. The highest BCUT2D eigenvalue weighted by Crippen LogP contribution is 2.58. The summed E-state index contributed by atoms with van der Waals surface area (Å²) in [6.45, 7) is 0. The van der Waals surface area contributed by atoms with Gasteiger partial charge >= 0.3 is 5.97 Å². The van der Waals surface area contributed by atoms with Crippen LogP contribution in [0.4, 0.5) is 0 Å². The molecule has 1 aromatic rings. The molecule has 0 saturated heterocycles. The van der Waals surface area contributed by atoms with Gasteiger partial charge in [-0.25, -0.2) is 4.79 Å². The van der Waals surface area contributed by atoms with Gasteiger partial charge in [0.05, 0.1) is 11.7 Å². The quantitative estimate of drug-likeness (QED) is 0.636. The van der Waals surface area contributed by atoms with Gasteiger partial charge in [-0.05, 0) is 37.3 Å². The van der Waals surface area contributed by atoms with Crippen molar-refractivity contribution in [3.63, 3.8) is 0 Å². The average molecular weight is 312 g/mol. The van der Waals surface area contributed by atoms with E-state index < -0.39 is 12.1 Å². The summed E-state index contributed by atoms with van der Waals surface area (Å²) >= 11 is 0. The van der Waals surface area contributed by atoms with Crippen molar-refractivity contribution in [1.82, 2.24) is 0 Å². The molecule has 4 heteroatoms. The van der Waals surface area contributed by atoms with Crippen LogP contribution in [0.1, 0.15) is 29.6 Å². The van der Waals surface area contributed by atoms with Crippen LogP contribution in [-0.4, -0.2) is 31.1 Å². The SMILES string of the molecule is CO[C@@H]1CC[C@]23C=C[C@H](C[C@H]12)C(=O)[C@@H]3OC(=O)c1ccccc1. The molecule has 0 N–H and O–H groups in total. The normalized spacial score (nSPS) is 37.7. The molecule has 0 aliphatic heterocycles. The lowest BCUT2D eigenvalue weighted by molar-refractivity contribution is -0.148. The first-order valence-electron chi connectivity index (χ1n) is 8.17. The van der Waals surface area contributed by atoms with E-state index in [1.54, 1.807) is 31.4 Å². The Morgan fingerprint density at radius 1 is 1.26 bits per heavy atom. The van der Waals surface area contributed by atoms with E-state index in [4.69, 9.17) is 9.47 Å². The molecule has 2 bridgehead atoms. The lowest BCUT2D eigenvalue weighted by atomic mass is 9.58. The van der Waals surface area contributed by atoms with Crippen molar-refractivity contribution in [1.29, 1.82) is 0 Å². The summed E-state index contributed by atoms with van der Waals surface area (Å²) in [4.78, 5) is 25.2. The van der Waals surface area contributed by atoms with Gasteiger partial charge in [0, 0.05) is 18.4 Å². The highest BCUT2D eigenvalue weighted by molar-refractivity contribution is 5.96. The first-order valence-corrected chi connectivity index (χ1v) is 8.17. The van der Waals surface area contributed by atoms with E-state index in [9.17, 15) is 9.59 Å². The molecule has 0 aromatic heterocycles. The van der Waals surface area contributed by atoms with E-state index in [2.05, 4.69) is 6.08 Å². The topological polar surface area (TPSA) is 52.6 Å². The lowest BCUT2D eigenvalue weighted by Crippen LogP contribution is -2.56. The van der Waals surface area contributed by atoms with Crippen molar-refractivity contribution in [3.05, 3.63) is 48.0 Å². The third kappa shape index (κ3) is 2.08. The molecule has 4 aliphatic carbocycles. The van der Waals surface area contributed by atoms with Gasteiger partial charge in [0.2, 0.25) is 0 Å². The molecule has 120 valence electrons. The number of fused-ring (bicyclic) bond motifs is 1. The zero-order valence-electron chi connectivity index (χ0n) is 13.1. The van der Waals surface area contributed by atoms with Crippen LogP contribution in [0.25, 0.3) is 0 Å². The Labute approximate surface area is 135 Å². The zero-order valence-corrected chi connectivity index (χ0v) is 13.1. The Hall–Kier alpha value is -1.94. The molecule has 1 spiro atoms. The van der Waals surface area contributed by atoms with Gasteiger partial charge in [-0.3, -0.25) is 4.79 Å². The maximum atomic E-state index is 12.7. The molecule has 5 atom stereocenters. The largest absolute Gasteiger partial charge is 0.450 e. The van der Waals surface area contributed by atoms with Gasteiger partial charge in [0.1, 0.15) is 0 Å². The molecular weight excluding hydrogens is 292 g/mol. The second-order valence-corrected chi connectivity index (χ2v) is 6.79. The van der Waals surface area contributed by atoms with Crippen molar-refractivity contribution in [2.24, 2.45) is 17.3 Å². The van der Waals surface area contributed by atoms with E-state index in [1.165, 1.54) is 0 Å². The first-order chi connectivity index (χ1) is 11.2. The number of hydrogen-bond donors (Lipinski definition) is 0. The van der Waals surface area contributed by atoms with Gasteiger partial charge < -0.3 is 9.47 Å². The zero-order chi connectivity index (χ0) is 16.0. The number of ketones is 1. The summed E-state index contributed by atoms with van der Waals surface area (Å²) in [6, 6.07) is 8.87. The van der Waals surface area contributed by atoms with Crippen LogP contribution in [0, 0.1) is 17.3 Å². The maximum absolute atomic E-state index is 12.7. The lowest BCUT2D eigenvalue weighted by Gasteiger charge is -2.49. The van der Waals surface area contributed by atoms with Crippen LogP contribution < -0.4 is 0 Å². The Kier molecular flexibility index (Phi) is 3.38. The first kappa shape index (κ1) is 14.6. The Balaban J connectivity index is 1.64. The highest BCUT2D eigenvalue weighted by Gasteiger charge is 2.62. The monoisotopic (exact) mass is 312 g/mol. The summed E-state index contributed by atoms with van der Waals surface area (Å²) in [5, 5.41) is 0. The smallest absolute Gasteiger partial charge is 0.338 e. The number of esters is 1. The minimum Gasteiger partial charge on any atom is -0.450 e. The van der Waals surface area contributed by atoms with E-state index >= 15 is 0 Å². The molecule has 23 heavy (non-hydrogen) atoms. The molecule has 0 heterocycles. The molecule has 0 unspecified atom stereocenters. The van der Waals surface area contributed by atoms with Crippen LogP contribution in [0.3, 0.4) is 0 Å². The van der Waals surface area contributed by atoms with E-state index in [-0.39, 0.29) is 29.1 Å². The minimum absolute atomic E-state index is 0.0461. The summed E-state index contributed by atoms with van der Waals surface area (Å²) < 4.78 is 11.3. The van der Waals surface area contributed by atoms with E-state index in [0.29, 0.717) is 5.56 Å². The number of hydrogen-bond acceptors (Lipinski definition) is 4. The molecule has 2 fully saturated rings. The Morgan fingerprint density at radius 3 is 2.78 bits per heavy atom. The maximum Gasteiger partial charge on any atom is 0.338 e. The summed E-state index contributed by atoms with van der Waals surface area (Å²) in [5.41, 5.74) is 0.108. The van der Waals surface area contributed by atoms with Gasteiger partial charge in [-0.1, -0.05) is 30.4 Å². The molecule has 1 aromatic carbocycles. The van der Waals surface area contributed by atoms with Crippen molar-refractivity contribution in [3.8, 4) is 0 Å². The molecule has 4 nitrogen and oxygen atoms in total. The molecule has 4 aliphatic rings. The fourth-order valence-electron chi connectivity index (χ4n) is 4.63. The summed E-state index contributed by atoms with van der Waals surface area (Å²) in [6.07, 6.45) is 6.15. The number of benzene rings is 1. The average Bonchev–Trinajstić information content (AvgIpc) is 2.97. The molecule has 0 radical (unpaired) electrons. The van der Waals surface area contributed by atoms with Crippen LogP contribution in [0.15, 0.2) is 42.5 Å². The number of ether oxygens (including phenoxy) is 2.